The summed E-state index contributed by atoms with van der Waals surface area (Å²) < 4.78 is 0. The Morgan fingerprint density at radius 1 is 0.909 bits per heavy atom. The van der Waals surface area contributed by atoms with Crippen LogP contribution in [-0.2, 0) is 22.6 Å². The number of nitrogens with zero attached hydrogens (tertiary/aromatic N) is 1. The summed E-state index contributed by atoms with van der Waals surface area (Å²) in [6, 6.07) is 25.9. The number of hydrogen-bond acceptors (Lipinski definition) is 4. The van der Waals surface area contributed by atoms with Crippen LogP contribution in [0.3, 0.4) is 0 Å². The van der Waals surface area contributed by atoms with E-state index in [0.717, 1.165) is 27.8 Å². The summed E-state index contributed by atoms with van der Waals surface area (Å²) in [5.41, 5.74) is 10.4. The van der Waals surface area contributed by atoms with E-state index in [9.17, 15) is 9.59 Å². The lowest BCUT2D eigenvalue weighted by Crippen LogP contribution is -2.49. The van der Waals surface area contributed by atoms with Crippen LogP contribution in [0.15, 0.2) is 78.9 Å². The summed E-state index contributed by atoms with van der Waals surface area (Å²) in [7, 11) is 0. The Morgan fingerprint density at radius 3 is 2.03 bits per heavy atom. The van der Waals surface area contributed by atoms with Gasteiger partial charge < -0.3 is 16.4 Å². The van der Waals surface area contributed by atoms with E-state index in [1.165, 1.54) is 0 Å². The maximum atomic E-state index is 13.5. The van der Waals surface area contributed by atoms with Crippen molar-refractivity contribution < 1.29 is 9.59 Å². The molecule has 0 heterocycles. The Morgan fingerprint density at radius 2 is 1.48 bits per heavy atom. The Balaban J connectivity index is 1.91. The molecule has 2 amide bonds. The van der Waals surface area contributed by atoms with Gasteiger partial charge in [-0.25, -0.2) is 0 Å². The molecule has 4 N–H and O–H groups in total. The van der Waals surface area contributed by atoms with Gasteiger partial charge in [0.1, 0.15) is 12.6 Å². The molecule has 0 aromatic heterocycles. The molecule has 3 rings (SSSR count). The molecule has 0 saturated carbocycles. The van der Waals surface area contributed by atoms with Gasteiger partial charge in [-0.05, 0) is 29.2 Å². The monoisotopic (exact) mass is 440 g/mol. The lowest BCUT2D eigenvalue weighted by molar-refractivity contribution is -0.129. The van der Waals surface area contributed by atoms with Crippen LogP contribution in [0.4, 0.5) is 0 Å². The van der Waals surface area contributed by atoms with Gasteiger partial charge in [-0.3, -0.25) is 9.59 Å². The molecule has 0 bridgehead atoms. The summed E-state index contributed by atoms with van der Waals surface area (Å²) in [5.74, 6) is -1.26. The van der Waals surface area contributed by atoms with Gasteiger partial charge in [0.2, 0.25) is 11.8 Å². The van der Waals surface area contributed by atoms with Gasteiger partial charge in [-0.1, -0.05) is 84.4 Å². The number of carbonyl (C=O) groups excluding carboxylic acids is 2. The topological polar surface area (TPSA) is 108 Å². The minimum Gasteiger partial charge on any atom is -0.343 e. The molecule has 0 aliphatic rings. The van der Waals surface area contributed by atoms with Crippen molar-refractivity contribution in [2.24, 2.45) is 5.73 Å². The zero-order chi connectivity index (χ0) is 23.6. The second kappa shape index (κ2) is 11.6. The van der Waals surface area contributed by atoms with Crippen molar-refractivity contribution >= 4 is 11.8 Å². The number of aryl methyl sites for hydroxylation is 1. The highest BCUT2D eigenvalue weighted by Gasteiger charge is 2.28. The van der Waals surface area contributed by atoms with Crippen LogP contribution < -0.4 is 16.4 Å². The molecule has 6 heteroatoms. The minimum absolute atomic E-state index is 0.131. The van der Waals surface area contributed by atoms with E-state index in [2.05, 4.69) is 10.6 Å². The lowest BCUT2D eigenvalue weighted by atomic mass is 9.90. The zero-order valence-corrected chi connectivity index (χ0v) is 18.6. The Bertz CT molecular complexity index is 1080. The van der Waals surface area contributed by atoms with Crippen molar-refractivity contribution in [2.75, 3.05) is 6.54 Å². The highest BCUT2D eigenvalue weighted by atomic mass is 16.2. The van der Waals surface area contributed by atoms with Crippen molar-refractivity contribution in [3.05, 3.63) is 107 Å². The summed E-state index contributed by atoms with van der Waals surface area (Å²) in [4.78, 5) is 26.4. The highest BCUT2D eigenvalue weighted by molar-refractivity contribution is 5.92. The lowest BCUT2D eigenvalue weighted by Gasteiger charge is -2.23. The van der Waals surface area contributed by atoms with E-state index in [1.807, 2.05) is 91.9 Å². The van der Waals surface area contributed by atoms with Crippen LogP contribution in [0.1, 0.15) is 33.7 Å². The van der Waals surface area contributed by atoms with Crippen molar-refractivity contribution in [3.63, 3.8) is 0 Å². The normalized spacial score (nSPS) is 11.5. The van der Waals surface area contributed by atoms with Crippen LogP contribution in [-0.4, -0.2) is 24.4 Å². The number of nitrogens with one attached hydrogen (secondary N) is 2. The van der Waals surface area contributed by atoms with Crippen LogP contribution in [0.5, 0.6) is 0 Å². The summed E-state index contributed by atoms with van der Waals surface area (Å²) in [5, 5.41) is 14.4. The van der Waals surface area contributed by atoms with E-state index in [4.69, 9.17) is 11.0 Å². The van der Waals surface area contributed by atoms with Crippen molar-refractivity contribution in [1.29, 1.82) is 5.26 Å². The molecule has 0 radical (unpaired) electrons. The van der Waals surface area contributed by atoms with Crippen molar-refractivity contribution in [1.82, 2.24) is 10.6 Å². The predicted molar refractivity (Wildman–Crippen MR) is 128 cm³/mol. The van der Waals surface area contributed by atoms with Gasteiger partial charge in [0, 0.05) is 13.0 Å². The van der Waals surface area contributed by atoms with Gasteiger partial charge in [0.05, 0.1) is 12.0 Å². The molecule has 0 aliphatic carbocycles. The molecular weight excluding hydrogens is 412 g/mol. The fourth-order valence-corrected chi connectivity index (χ4v) is 3.92. The highest BCUT2D eigenvalue weighted by Crippen LogP contribution is 2.25. The zero-order valence-electron chi connectivity index (χ0n) is 18.6. The molecule has 1 atom stereocenters. The minimum atomic E-state index is -0.840. The SMILES string of the molecule is Cc1cc(CN)cc(C[C@@H](NC(=O)C(c2ccccc2)c2ccccc2)C(=O)NCC#N)c1. The second-order valence-electron chi connectivity index (χ2n) is 7.93. The Labute approximate surface area is 194 Å². The van der Waals surface area contributed by atoms with Crippen LogP contribution in [0, 0.1) is 18.3 Å². The first kappa shape index (κ1) is 23.7. The fraction of sp³-hybridized carbons (Fsp3) is 0.222. The number of benzene rings is 3. The average Bonchev–Trinajstić information content (AvgIpc) is 2.83. The molecule has 33 heavy (non-hydrogen) atoms. The molecule has 3 aromatic carbocycles. The number of hydrogen-bond donors (Lipinski definition) is 3. The largest absolute Gasteiger partial charge is 0.343 e. The van der Waals surface area contributed by atoms with Gasteiger partial charge in [-0.15, -0.1) is 0 Å². The summed E-state index contributed by atoms with van der Waals surface area (Å²) in [6.07, 6.45) is 0.286. The molecule has 0 aliphatic heterocycles. The summed E-state index contributed by atoms with van der Waals surface area (Å²) in [6.45, 7) is 2.22. The van der Waals surface area contributed by atoms with E-state index in [1.54, 1.807) is 0 Å². The molecule has 0 fully saturated rings. The smallest absolute Gasteiger partial charge is 0.243 e. The quantitative estimate of drug-likeness (QED) is 0.445. The first-order valence-corrected chi connectivity index (χ1v) is 10.9. The van der Waals surface area contributed by atoms with Crippen LogP contribution >= 0.6 is 0 Å². The first-order valence-electron chi connectivity index (χ1n) is 10.9. The maximum absolute atomic E-state index is 13.5. The van der Waals surface area contributed by atoms with Crippen molar-refractivity contribution in [3.8, 4) is 6.07 Å². The molecule has 6 nitrogen and oxygen atoms in total. The van der Waals surface area contributed by atoms with Crippen molar-refractivity contribution in [2.45, 2.75) is 31.8 Å². The first-order chi connectivity index (χ1) is 16.0. The molecule has 0 saturated heterocycles. The van der Waals surface area contributed by atoms with E-state index >= 15 is 0 Å². The van der Waals surface area contributed by atoms with Gasteiger partial charge in [0.15, 0.2) is 0 Å². The second-order valence-corrected chi connectivity index (χ2v) is 7.93. The average molecular weight is 441 g/mol. The summed E-state index contributed by atoms with van der Waals surface area (Å²) >= 11 is 0. The van der Waals surface area contributed by atoms with E-state index in [0.29, 0.717) is 6.54 Å². The molecular formula is C27H28N4O2. The molecule has 3 aromatic rings. The molecule has 0 unspecified atom stereocenters. The molecule has 168 valence electrons. The van der Waals surface area contributed by atoms with Crippen LogP contribution in [0.25, 0.3) is 0 Å². The van der Waals surface area contributed by atoms with Gasteiger partial charge in [-0.2, -0.15) is 5.26 Å². The predicted octanol–water partition coefficient (Wildman–Crippen LogP) is 2.95. The third kappa shape index (κ3) is 6.52. The fourth-order valence-electron chi connectivity index (χ4n) is 3.92. The Kier molecular flexibility index (Phi) is 8.34. The molecule has 0 spiro atoms. The number of carbonyl (C=O) groups is 2. The number of amides is 2. The van der Waals surface area contributed by atoms with E-state index < -0.39 is 17.9 Å². The third-order valence-electron chi connectivity index (χ3n) is 5.38. The number of nitrogens with two attached hydrogens (primary N) is 1. The number of rotatable bonds is 9. The van der Waals surface area contributed by atoms with E-state index in [-0.39, 0.29) is 18.9 Å². The van der Waals surface area contributed by atoms with Gasteiger partial charge >= 0.3 is 0 Å². The Hall–Kier alpha value is -3.95. The third-order valence-corrected chi connectivity index (χ3v) is 5.38. The van der Waals surface area contributed by atoms with Crippen LogP contribution in [0.2, 0.25) is 0 Å². The number of nitriles is 1. The standard InChI is InChI=1S/C27H28N4O2/c1-19-14-20(16-21(15-19)18-29)17-24(26(32)30-13-12-28)31-27(33)25(22-8-4-2-5-9-22)23-10-6-3-7-11-23/h2-11,14-16,24-25H,13,17-18,29H2,1H3,(H,30,32)(H,31,33)/t24-/m1/s1. The maximum Gasteiger partial charge on any atom is 0.243 e. The van der Waals surface area contributed by atoms with Gasteiger partial charge in [0.25, 0.3) is 0 Å².